The molecule has 1 heterocycles. The summed E-state index contributed by atoms with van der Waals surface area (Å²) in [5.74, 6) is -1.38. The lowest BCUT2D eigenvalue weighted by Gasteiger charge is -2.13. The first-order valence-corrected chi connectivity index (χ1v) is 8.69. The minimum atomic E-state index is -4.77. The van der Waals surface area contributed by atoms with Gasteiger partial charge in [-0.3, -0.25) is 9.78 Å². The molecule has 6 nitrogen and oxygen atoms in total. The Morgan fingerprint density at radius 2 is 1.90 bits per heavy atom. The summed E-state index contributed by atoms with van der Waals surface area (Å²) in [5.41, 5.74) is -1.16. The zero-order valence-electron chi connectivity index (χ0n) is 16.3. The number of esters is 1. The van der Waals surface area contributed by atoms with Gasteiger partial charge in [0.25, 0.3) is 0 Å². The van der Waals surface area contributed by atoms with Crippen LogP contribution in [0.5, 0.6) is 0 Å². The molecule has 2 rings (SSSR count). The van der Waals surface area contributed by atoms with Crippen LogP contribution in [-0.4, -0.2) is 35.9 Å². The summed E-state index contributed by atoms with van der Waals surface area (Å²) in [6.07, 6.45) is -1.76. The number of aromatic nitrogens is 2. The number of alkyl halides is 3. The summed E-state index contributed by atoms with van der Waals surface area (Å²) >= 11 is 0. The standard InChI is InChI=1S/C21H19F3N2O4/c1-4-7-16-19(21(22,23)24)26-17(11-25-16)18(27)10-13-8-5-6-9-14(13)15(12-29-2)20(28)30-3/h4-6,8-9,11-12H,1,7,10H2,2-3H3. The van der Waals surface area contributed by atoms with E-state index in [1.165, 1.54) is 26.6 Å². The van der Waals surface area contributed by atoms with Crippen LogP contribution < -0.4 is 0 Å². The van der Waals surface area contributed by atoms with E-state index in [-0.39, 0.29) is 24.1 Å². The number of ketones is 1. The predicted octanol–water partition coefficient (Wildman–Crippen LogP) is 3.81. The molecule has 0 amide bonds. The Balaban J connectivity index is 2.43. The molecule has 0 aliphatic heterocycles. The lowest BCUT2D eigenvalue weighted by atomic mass is 9.96. The molecule has 0 fully saturated rings. The van der Waals surface area contributed by atoms with E-state index in [1.54, 1.807) is 24.3 Å². The third kappa shape index (κ3) is 5.31. The van der Waals surface area contributed by atoms with E-state index in [4.69, 9.17) is 9.47 Å². The fourth-order valence-corrected chi connectivity index (χ4v) is 2.71. The maximum Gasteiger partial charge on any atom is 0.435 e. The van der Waals surface area contributed by atoms with Gasteiger partial charge >= 0.3 is 12.1 Å². The molecule has 1 aromatic carbocycles. The number of hydrogen-bond donors (Lipinski definition) is 0. The second-order valence-corrected chi connectivity index (χ2v) is 6.06. The van der Waals surface area contributed by atoms with Gasteiger partial charge in [-0.1, -0.05) is 30.3 Å². The largest absolute Gasteiger partial charge is 0.503 e. The van der Waals surface area contributed by atoms with Gasteiger partial charge in [-0.05, 0) is 11.1 Å². The van der Waals surface area contributed by atoms with E-state index >= 15 is 0 Å². The second-order valence-electron chi connectivity index (χ2n) is 6.06. The highest BCUT2D eigenvalue weighted by Crippen LogP contribution is 2.30. The van der Waals surface area contributed by atoms with Crippen molar-refractivity contribution < 1.29 is 32.2 Å². The van der Waals surface area contributed by atoms with Crippen LogP contribution in [0.3, 0.4) is 0 Å². The Bertz CT molecular complexity index is 984. The minimum absolute atomic E-state index is 0.0618. The highest BCUT2D eigenvalue weighted by atomic mass is 19.4. The quantitative estimate of drug-likeness (QED) is 0.213. The third-order valence-corrected chi connectivity index (χ3v) is 4.04. The van der Waals surface area contributed by atoms with Gasteiger partial charge in [-0.2, -0.15) is 13.2 Å². The second kappa shape index (κ2) is 9.82. The number of halogens is 3. The number of hydrogen-bond acceptors (Lipinski definition) is 6. The summed E-state index contributed by atoms with van der Waals surface area (Å²) in [6, 6.07) is 6.42. The fraction of sp³-hybridized carbons (Fsp3) is 0.238. The number of ether oxygens (including phenoxy) is 2. The topological polar surface area (TPSA) is 78.4 Å². The molecule has 30 heavy (non-hydrogen) atoms. The average Bonchev–Trinajstić information content (AvgIpc) is 2.71. The zero-order chi connectivity index (χ0) is 22.3. The van der Waals surface area contributed by atoms with Gasteiger partial charge in [-0.25, -0.2) is 9.78 Å². The fourth-order valence-electron chi connectivity index (χ4n) is 2.71. The number of benzene rings is 1. The zero-order valence-corrected chi connectivity index (χ0v) is 16.3. The molecule has 0 atom stereocenters. The molecule has 0 radical (unpaired) electrons. The van der Waals surface area contributed by atoms with Gasteiger partial charge in [0, 0.05) is 12.8 Å². The predicted molar refractivity (Wildman–Crippen MR) is 102 cm³/mol. The molecule has 1 aromatic heterocycles. The van der Waals surface area contributed by atoms with E-state index in [9.17, 15) is 22.8 Å². The molecule has 0 saturated carbocycles. The van der Waals surface area contributed by atoms with E-state index < -0.39 is 29.3 Å². The monoisotopic (exact) mass is 420 g/mol. The van der Waals surface area contributed by atoms with Crippen LogP contribution >= 0.6 is 0 Å². The molecule has 0 aliphatic rings. The lowest BCUT2D eigenvalue weighted by Crippen LogP contribution is -2.18. The van der Waals surface area contributed by atoms with Gasteiger partial charge < -0.3 is 9.47 Å². The Morgan fingerprint density at radius 3 is 2.50 bits per heavy atom. The summed E-state index contributed by atoms with van der Waals surface area (Å²) in [5, 5.41) is 0. The number of allylic oxidation sites excluding steroid dienone is 1. The van der Waals surface area contributed by atoms with Crippen molar-refractivity contribution in [2.75, 3.05) is 14.2 Å². The summed E-state index contributed by atoms with van der Waals surface area (Å²) in [6.45, 7) is 3.40. The first kappa shape index (κ1) is 22.8. The van der Waals surface area contributed by atoms with Gasteiger partial charge in [0.05, 0.1) is 32.4 Å². The number of carbonyl (C=O) groups is 2. The van der Waals surface area contributed by atoms with Crippen LogP contribution in [0.1, 0.15) is 33.0 Å². The Labute approximate surface area is 171 Å². The average molecular weight is 420 g/mol. The van der Waals surface area contributed by atoms with Crippen LogP contribution in [0.4, 0.5) is 13.2 Å². The Hall–Kier alpha value is -3.49. The number of carbonyl (C=O) groups excluding carboxylic acids is 2. The number of Topliss-reactive ketones (excluding diaryl/α,β-unsaturated/α-hetero) is 1. The van der Waals surface area contributed by atoms with Gasteiger partial charge in [0.2, 0.25) is 0 Å². The molecular formula is C21H19F3N2O4. The summed E-state index contributed by atoms with van der Waals surface area (Å²) in [7, 11) is 2.54. The number of nitrogens with zero attached hydrogens (tertiary/aromatic N) is 2. The van der Waals surface area contributed by atoms with Crippen LogP contribution in [-0.2, 0) is 33.3 Å². The molecular weight excluding hydrogens is 401 g/mol. The molecule has 158 valence electrons. The van der Waals surface area contributed by atoms with Crippen molar-refractivity contribution in [1.82, 2.24) is 9.97 Å². The maximum atomic E-state index is 13.3. The number of methoxy groups -OCH3 is 2. The first-order valence-electron chi connectivity index (χ1n) is 8.69. The van der Waals surface area contributed by atoms with Gasteiger partial charge in [0.1, 0.15) is 11.3 Å². The molecule has 0 N–H and O–H groups in total. The van der Waals surface area contributed by atoms with Crippen LogP contribution in [0.15, 0.2) is 49.4 Å². The van der Waals surface area contributed by atoms with Crippen molar-refractivity contribution >= 4 is 17.3 Å². The molecule has 0 spiro atoms. The highest BCUT2D eigenvalue weighted by Gasteiger charge is 2.36. The van der Waals surface area contributed by atoms with Crippen molar-refractivity contribution in [2.45, 2.75) is 19.0 Å². The van der Waals surface area contributed by atoms with Crippen LogP contribution in [0, 0.1) is 0 Å². The van der Waals surface area contributed by atoms with Crippen LogP contribution in [0.2, 0.25) is 0 Å². The molecule has 0 unspecified atom stereocenters. The van der Waals surface area contributed by atoms with Gasteiger partial charge in [0.15, 0.2) is 11.5 Å². The van der Waals surface area contributed by atoms with Crippen molar-refractivity contribution in [1.29, 1.82) is 0 Å². The number of rotatable bonds is 8. The van der Waals surface area contributed by atoms with Crippen LogP contribution in [0.25, 0.3) is 5.57 Å². The molecule has 9 heteroatoms. The molecule has 2 aromatic rings. The SMILES string of the molecule is C=CCc1ncc(C(=O)Cc2ccccc2C(=COC)C(=O)OC)nc1C(F)(F)F. The Kier molecular flexibility index (Phi) is 7.46. The normalized spacial score (nSPS) is 11.7. The van der Waals surface area contributed by atoms with Crippen molar-refractivity contribution in [3.63, 3.8) is 0 Å². The third-order valence-electron chi connectivity index (χ3n) is 4.04. The van der Waals surface area contributed by atoms with Gasteiger partial charge in [-0.15, -0.1) is 6.58 Å². The summed E-state index contributed by atoms with van der Waals surface area (Å²) in [4.78, 5) is 32.0. The first-order chi connectivity index (χ1) is 14.2. The molecule has 0 bridgehead atoms. The van der Waals surface area contributed by atoms with E-state index in [1.807, 2.05) is 0 Å². The Morgan fingerprint density at radius 1 is 1.20 bits per heavy atom. The highest BCUT2D eigenvalue weighted by molar-refractivity contribution is 6.16. The van der Waals surface area contributed by atoms with E-state index in [0.717, 1.165) is 6.20 Å². The summed E-state index contributed by atoms with van der Waals surface area (Å²) < 4.78 is 49.5. The van der Waals surface area contributed by atoms with E-state index in [2.05, 4.69) is 16.5 Å². The maximum absolute atomic E-state index is 13.3. The van der Waals surface area contributed by atoms with Crippen molar-refractivity contribution in [2.24, 2.45) is 0 Å². The molecule has 0 saturated heterocycles. The van der Waals surface area contributed by atoms with Crippen molar-refractivity contribution in [3.05, 3.63) is 77.6 Å². The smallest absolute Gasteiger partial charge is 0.435 e. The van der Waals surface area contributed by atoms with Crippen molar-refractivity contribution in [3.8, 4) is 0 Å². The lowest BCUT2D eigenvalue weighted by molar-refractivity contribution is -0.142. The van der Waals surface area contributed by atoms with E-state index in [0.29, 0.717) is 11.1 Å². The molecule has 0 aliphatic carbocycles. The minimum Gasteiger partial charge on any atom is -0.503 e.